The zero-order valence-corrected chi connectivity index (χ0v) is 15.2. The number of likely N-dealkylation sites (tertiary alicyclic amines) is 1. The number of carboxylic acid groups (broad SMARTS) is 2. The number of carboxylic acids is 2. The molecule has 1 aromatic rings. The van der Waals surface area contributed by atoms with Gasteiger partial charge in [0.1, 0.15) is 0 Å². The number of piperidine rings is 1. The van der Waals surface area contributed by atoms with Crippen LogP contribution in [0.5, 0.6) is 0 Å². The van der Waals surface area contributed by atoms with Crippen molar-refractivity contribution >= 4 is 35.1 Å². The Morgan fingerprint density at radius 2 is 1.80 bits per heavy atom. The molecule has 0 radical (unpaired) electrons. The van der Waals surface area contributed by atoms with E-state index in [-0.39, 0.29) is 12.5 Å². The molecule has 1 fully saturated rings. The summed E-state index contributed by atoms with van der Waals surface area (Å²) in [6.45, 7) is 2.21. The normalized spacial score (nSPS) is 20.8. The van der Waals surface area contributed by atoms with E-state index in [1.165, 1.54) is 5.56 Å². The van der Waals surface area contributed by atoms with Gasteiger partial charge in [-0.15, -0.1) is 0 Å². The second-order valence-corrected chi connectivity index (χ2v) is 6.60. The van der Waals surface area contributed by atoms with Gasteiger partial charge in [0, 0.05) is 31.2 Å². The van der Waals surface area contributed by atoms with Crippen LogP contribution >= 0.6 is 23.2 Å². The average Bonchev–Trinajstić information content (AvgIpc) is 2.56. The first kappa shape index (κ1) is 21.4. The van der Waals surface area contributed by atoms with Crippen molar-refractivity contribution in [1.29, 1.82) is 0 Å². The van der Waals surface area contributed by atoms with E-state index >= 15 is 0 Å². The van der Waals surface area contributed by atoms with Crippen LogP contribution in [0.25, 0.3) is 0 Å². The van der Waals surface area contributed by atoms with Crippen LogP contribution in [0, 0.1) is 5.92 Å². The fourth-order valence-corrected chi connectivity index (χ4v) is 3.03. The fourth-order valence-electron chi connectivity index (χ4n) is 2.72. The third-order valence-corrected chi connectivity index (χ3v) is 4.65. The third-order valence-electron chi connectivity index (χ3n) is 3.91. The second kappa shape index (κ2) is 10.4. The van der Waals surface area contributed by atoms with Gasteiger partial charge in [-0.25, -0.2) is 9.59 Å². The predicted molar refractivity (Wildman–Crippen MR) is 96.3 cm³/mol. The summed E-state index contributed by atoms with van der Waals surface area (Å²) in [5.41, 5.74) is 1.19. The number of benzene rings is 1. The molecule has 0 bridgehead atoms. The number of nitrogens with zero attached hydrogens (tertiary/aromatic N) is 1. The number of halogens is 2. The first-order chi connectivity index (χ1) is 11.7. The minimum Gasteiger partial charge on any atom is -0.478 e. The second-order valence-electron chi connectivity index (χ2n) is 5.78. The molecule has 138 valence electrons. The number of aliphatic hydroxyl groups excluding tert-OH is 1. The van der Waals surface area contributed by atoms with Crippen LogP contribution in [0.15, 0.2) is 30.4 Å². The smallest absolute Gasteiger partial charge is 0.328 e. The van der Waals surface area contributed by atoms with E-state index in [9.17, 15) is 14.7 Å². The molecule has 1 aliphatic heterocycles. The Labute approximate surface area is 156 Å². The molecule has 0 unspecified atom stereocenters. The van der Waals surface area contributed by atoms with Crippen molar-refractivity contribution < 1.29 is 24.9 Å². The highest BCUT2D eigenvalue weighted by atomic mass is 35.5. The van der Waals surface area contributed by atoms with Gasteiger partial charge in [0.25, 0.3) is 0 Å². The largest absolute Gasteiger partial charge is 0.478 e. The molecule has 3 N–H and O–H groups in total. The van der Waals surface area contributed by atoms with Gasteiger partial charge in [-0.3, -0.25) is 0 Å². The Morgan fingerprint density at radius 3 is 2.28 bits per heavy atom. The molecule has 2 atom stereocenters. The van der Waals surface area contributed by atoms with Gasteiger partial charge in [0.2, 0.25) is 0 Å². The highest BCUT2D eigenvalue weighted by molar-refractivity contribution is 6.42. The topological polar surface area (TPSA) is 98.1 Å². The van der Waals surface area contributed by atoms with Gasteiger partial charge in [-0.1, -0.05) is 29.3 Å². The van der Waals surface area contributed by atoms with E-state index in [4.69, 9.17) is 33.4 Å². The number of aliphatic hydroxyl groups is 1. The van der Waals surface area contributed by atoms with E-state index in [1.807, 2.05) is 18.2 Å². The van der Waals surface area contributed by atoms with Crippen LogP contribution in [0.1, 0.15) is 17.9 Å². The number of hydrogen-bond acceptors (Lipinski definition) is 4. The van der Waals surface area contributed by atoms with Crippen molar-refractivity contribution in [2.24, 2.45) is 5.92 Å². The van der Waals surface area contributed by atoms with Gasteiger partial charge in [0.15, 0.2) is 0 Å². The molecule has 0 aromatic heterocycles. The summed E-state index contributed by atoms with van der Waals surface area (Å²) in [7, 11) is 2.09. The van der Waals surface area contributed by atoms with Crippen molar-refractivity contribution in [3.63, 3.8) is 0 Å². The summed E-state index contributed by atoms with van der Waals surface area (Å²) in [6, 6.07) is 5.79. The van der Waals surface area contributed by atoms with Crippen LogP contribution in [0.3, 0.4) is 0 Å². The van der Waals surface area contributed by atoms with Crippen LogP contribution in [0.2, 0.25) is 10.0 Å². The Bertz CT molecular complexity index is 619. The lowest BCUT2D eigenvalue weighted by atomic mass is 9.81. The van der Waals surface area contributed by atoms with Gasteiger partial charge in [0.05, 0.1) is 10.0 Å². The molecule has 1 heterocycles. The van der Waals surface area contributed by atoms with E-state index in [0.717, 1.165) is 19.5 Å². The summed E-state index contributed by atoms with van der Waals surface area (Å²) in [5.74, 6) is -1.85. The summed E-state index contributed by atoms with van der Waals surface area (Å²) < 4.78 is 0. The average molecular weight is 390 g/mol. The quantitative estimate of drug-likeness (QED) is 0.684. The molecule has 1 aromatic carbocycles. The maximum absolute atomic E-state index is 9.55. The Balaban J connectivity index is 0.000000333. The minimum atomic E-state index is -1.26. The summed E-state index contributed by atoms with van der Waals surface area (Å²) >= 11 is 12.0. The van der Waals surface area contributed by atoms with E-state index < -0.39 is 11.9 Å². The Kier molecular flexibility index (Phi) is 8.92. The molecular formula is C17H21Cl2NO5. The summed E-state index contributed by atoms with van der Waals surface area (Å²) in [6.07, 6.45) is 2.17. The van der Waals surface area contributed by atoms with Gasteiger partial charge in [-0.05, 0) is 43.6 Å². The Morgan fingerprint density at radius 1 is 1.20 bits per heavy atom. The molecule has 0 saturated carbocycles. The fraction of sp³-hybridized carbons (Fsp3) is 0.412. The number of rotatable bonds is 4. The highest BCUT2D eigenvalue weighted by Gasteiger charge is 2.28. The van der Waals surface area contributed by atoms with Crippen molar-refractivity contribution in [1.82, 2.24) is 4.90 Å². The molecular weight excluding hydrogens is 369 g/mol. The van der Waals surface area contributed by atoms with Gasteiger partial charge >= 0.3 is 11.9 Å². The molecule has 0 spiro atoms. The van der Waals surface area contributed by atoms with Gasteiger partial charge < -0.3 is 20.2 Å². The van der Waals surface area contributed by atoms with Crippen molar-refractivity contribution in [2.45, 2.75) is 12.3 Å². The van der Waals surface area contributed by atoms with E-state index in [0.29, 0.717) is 28.1 Å². The van der Waals surface area contributed by atoms with Crippen molar-refractivity contribution in [3.8, 4) is 0 Å². The van der Waals surface area contributed by atoms with E-state index in [2.05, 4.69) is 11.9 Å². The number of aliphatic carboxylic acids is 2. The molecule has 1 saturated heterocycles. The molecule has 2 rings (SSSR count). The van der Waals surface area contributed by atoms with Crippen LogP contribution in [-0.2, 0) is 9.59 Å². The van der Waals surface area contributed by atoms with Crippen LogP contribution in [-0.4, -0.2) is 58.9 Å². The molecule has 6 nitrogen and oxygen atoms in total. The lowest BCUT2D eigenvalue weighted by molar-refractivity contribution is -0.134. The molecule has 8 heteroatoms. The van der Waals surface area contributed by atoms with E-state index in [1.54, 1.807) is 0 Å². The molecule has 25 heavy (non-hydrogen) atoms. The molecule has 1 aliphatic rings. The number of carbonyl (C=O) groups is 2. The SMILES string of the molecule is CN1CC[C@@H](c2ccc(Cl)c(Cl)c2)[C@H](CO)C1.O=C(O)/C=C/C(=O)O. The summed E-state index contributed by atoms with van der Waals surface area (Å²) in [4.78, 5) is 21.4. The maximum atomic E-state index is 9.55. The monoisotopic (exact) mass is 389 g/mol. The van der Waals surface area contributed by atoms with Crippen molar-refractivity contribution in [3.05, 3.63) is 46.0 Å². The zero-order chi connectivity index (χ0) is 19.0. The Hall–Kier alpha value is -1.60. The molecule has 0 aliphatic carbocycles. The van der Waals surface area contributed by atoms with Crippen LogP contribution in [0.4, 0.5) is 0 Å². The molecule has 0 amide bonds. The third kappa shape index (κ3) is 7.44. The van der Waals surface area contributed by atoms with Gasteiger partial charge in [-0.2, -0.15) is 0 Å². The first-order valence-corrected chi connectivity index (χ1v) is 8.38. The first-order valence-electron chi connectivity index (χ1n) is 7.62. The lowest BCUT2D eigenvalue weighted by Crippen LogP contribution is -2.38. The standard InChI is InChI=1S/C13H17Cl2NO.C4H4O4/c1-16-5-4-11(10(7-16)8-17)9-2-3-12(14)13(15)6-9;5-3(6)1-2-4(7)8/h2-3,6,10-11,17H,4-5,7-8H2,1H3;1-2H,(H,5,6)(H,7,8)/b;2-1+/t10-,11-;/m0./s1. The number of hydrogen-bond donors (Lipinski definition) is 3. The predicted octanol–water partition coefficient (Wildman–Crippen LogP) is 2.73. The minimum absolute atomic E-state index is 0.218. The van der Waals surface area contributed by atoms with Crippen molar-refractivity contribution in [2.75, 3.05) is 26.7 Å². The van der Waals surface area contributed by atoms with Crippen LogP contribution < -0.4 is 0 Å². The lowest BCUT2D eigenvalue weighted by Gasteiger charge is -2.36. The maximum Gasteiger partial charge on any atom is 0.328 e. The summed E-state index contributed by atoms with van der Waals surface area (Å²) in [5, 5.41) is 26.3. The zero-order valence-electron chi connectivity index (χ0n) is 13.7. The highest BCUT2D eigenvalue weighted by Crippen LogP contribution is 2.35.